The van der Waals surface area contributed by atoms with Crippen LogP contribution in [-0.4, -0.2) is 0 Å². The van der Waals surface area contributed by atoms with Gasteiger partial charge in [-0.2, -0.15) is 0 Å². The van der Waals surface area contributed by atoms with Crippen LogP contribution in [0, 0.1) is 0 Å². The topological polar surface area (TPSA) is 32.8 Å². The molecule has 0 unspecified atom stereocenters. The van der Waals surface area contributed by atoms with E-state index in [2.05, 4.69) is 360 Å². The average molecular weight is 1210 g/mol. The van der Waals surface area contributed by atoms with Crippen molar-refractivity contribution < 1.29 is 8.83 Å². The molecular formula is C89H80N2O2. The number of hydrogen-bond donors (Lipinski definition) is 0. The van der Waals surface area contributed by atoms with Gasteiger partial charge in [-0.25, -0.2) is 0 Å². The van der Waals surface area contributed by atoms with Gasteiger partial charge in [0.25, 0.3) is 0 Å². The first-order valence-corrected chi connectivity index (χ1v) is 33.0. The number of furan rings is 2. The van der Waals surface area contributed by atoms with Crippen LogP contribution in [0.25, 0.3) is 77.3 Å². The van der Waals surface area contributed by atoms with Crippen molar-refractivity contribution in [2.75, 3.05) is 9.80 Å². The molecule has 14 aromatic rings. The molecule has 2 aromatic heterocycles. The summed E-state index contributed by atoms with van der Waals surface area (Å²) >= 11 is 0. The molecule has 0 aliphatic heterocycles. The fraction of sp³-hybridized carbons (Fsp3) is 0.191. The van der Waals surface area contributed by atoms with E-state index in [1.165, 1.54) is 22.3 Å². The van der Waals surface area contributed by atoms with Crippen molar-refractivity contribution in [1.29, 1.82) is 0 Å². The lowest BCUT2D eigenvalue weighted by molar-refractivity contribution is 0.590. The quantitative estimate of drug-likeness (QED) is 0.137. The van der Waals surface area contributed by atoms with Gasteiger partial charge in [0.2, 0.25) is 0 Å². The number of anilines is 6. The second-order valence-corrected chi connectivity index (χ2v) is 29.7. The van der Waals surface area contributed by atoms with E-state index in [9.17, 15) is 0 Å². The fourth-order valence-corrected chi connectivity index (χ4v) is 14.6. The first-order valence-electron chi connectivity index (χ1n) is 33.0. The third-order valence-corrected chi connectivity index (χ3v) is 19.6. The van der Waals surface area contributed by atoms with Crippen LogP contribution in [0.15, 0.2) is 276 Å². The molecule has 0 amide bonds. The summed E-state index contributed by atoms with van der Waals surface area (Å²) in [5.41, 5.74) is 24.2. The first kappa shape index (κ1) is 59.2. The van der Waals surface area contributed by atoms with Gasteiger partial charge in [0, 0.05) is 44.4 Å². The van der Waals surface area contributed by atoms with Crippen LogP contribution in [0.2, 0.25) is 0 Å². The van der Waals surface area contributed by atoms with Crippen LogP contribution in [0.5, 0.6) is 0 Å². The monoisotopic (exact) mass is 1210 g/mol. The zero-order chi connectivity index (χ0) is 64.3. The van der Waals surface area contributed by atoms with Crippen LogP contribution < -0.4 is 9.80 Å². The molecule has 0 bridgehead atoms. The lowest BCUT2D eigenvalue weighted by atomic mass is 9.67. The second-order valence-electron chi connectivity index (χ2n) is 29.7. The molecular weight excluding hydrogens is 1130 g/mol. The second kappa shape index (κ2) is 22.0. The van der Waals surface area contributed by atoms with Crippen molar-refractivity contribution >= 4 is 78.0 Å². The van der Waals surface area contributed by atoms with Gasteiger partial charge in [-0.05, 0) is 150 Å². The van der Waals surface area contributed by atoms with Gasteiger partial charge in [-0.3, -0.25) is 0 Å². The molecule has 0 spiro atoms. The fourth-order valence-electron chi connectivity index (χ4n) is 14.6. The average Bonchev–Trinajstić information content (AvgIpc) is 1.51. The Morgan fingerprint density at radius 2 is 0.602 bits per heavy atom. The molecule has 12 aromatic carbocycles. The summed E-state index contributed by atoms with van der Waals surface area (Å²) in [6.07, 6.45) is 0. The van der Waals surface area contributed by atoms with Crippen molar-refractivity contribution in [3.05, 3.63) is 311 Å². The Bertz CT molecular complexity index is 4820. The smallest absolute Gasteiger partial charge is 0.145 e. The summed E-state index contributed by atoms with van der Waals surface area (Å²) in [6.45, 7) is 27.6. The van der Waals surface area contributed by atoms with Gasteiger partial charge in [-0.1, -0.05) is 277 Å². The molecule has 0 atom stereocenters. The van der Waals surface area contributed by atoms with Crippen molar-refractivity contribution in [2.45, 2.75) is 110 Å². The summed E-state index contributed by atoms with van der Waals surface area (Å²) in [5.74, 6) is 0. The van der Waals surface area contributed by atoms with Gasteiger partial charge in [-0.15, -0.1) is 0 Å². The minimum atomic E-state index is -0.975. The van der Waals surface area contributed by atoms with Crippen LogP contribution in [-0.2, 0) is 27.1 Å². The molecule has 15 rings (SSSR count). The van der Waals surface area contributed by atoms with Gasteiger partial charge >= 0.3 is 0 Å². The molecule has 0 N–H and O–H groups in total. The predicted molar refractivity (Wildman–Crippen MR) is 393 cm³/mol. The van der Waals surface area contributed by atoms with E-state index in [1.807, 2.05) is 0 Å². The van der Waals surface area contributed by atoms with Crippen molar-refractivity contribution in [3.8, 4) is 33.4 Å². The number of benzene rings is 12. The maximum Gasteiger partial charge on any atom is 0.145 e. The highest BCUT2D eigenvalue weighted by Gasteiger charge is 2.51. The maximum absolute atomic E-state index is 7.72. The SMILES string of the molecule is CC(C)(C)c1ccc(N(c2ccc(C(C)(C)C)cc2-c2ccccc2)c2cc3c(c4oc5ccccc5c24)-c2c(cc(N(c4ccc(C(C)(C)C)cc4)c4ccc(C(C)(C)C)cc4-c4ccccc4)c4c2oc2ccccc24)C3(c2ccccc2)c2ccccc2)cc1. The highest BCUT2D eigenvalue weighted by Crippen LogP contribution is 2.65. The number of nitrogens with zero attached hydrogens (tertiary/aromatic N) is 2. The molecule has 1 aliphatic rings. The number of rotatable bonds is 10. The van der Waals surface area contributed by atoms with Gasteiger partial charge in [0.1, 0.15) is 22.3 Å². The molecule has 0 radical (unpaired) electrons. The van der Waals surface area contributed by atoms with Crippen LogP contribution in [0.4, 0.5) is 34.1 Å². The van der Waals surface area contributed by atoms with E-state index < -0.39 is 5.41 Å². The van der Waals surface area contributed by atoms with Gasteiger partial charge < -0.3 is 18.6 Å². The molecule has 1 aliphatic carbocycles. The minimum absolute atomic E-state index is 0.0729. The Hall–Kier alpha value is -10.2. The van der Waals surface area contributed by atoms with E-state index in [4.69, 9.17) is 8.83 Å². The zero-order valence-electron chi connectivity index (χ0n) is 55.6. The summed E-state index contributed by atoms with van der Waals surface area (Å²) < 4.78 is 15.4. The van der Waals surface area contributed by atoms with Crippen molar-refractivity contribution in [3.63, 3.8) is 0 Å². The molecule has 4 nitrogen and oxygen atoms in total. The van der Waals surface area contributed by atoms with Crippen LogP contribution >= 0.6 is 0 Å². The molecule has 458 valence electrons. The molecule has 0 fully saturated rings. The van der Waals surface area contributed by atoms with Crippen molar-refractivity contribution in [2.24, 2.45) is 0 Å². The Labute approximate surface area is 548 Å². The molecule has 2 heterocycles. The summed E-state index contributed by atoms with van der Waals surface area (Å²) in [7, 11) is 0. The Morgan fingerprint density at radius 1 is 0.290 bits per heavy atom. The lowest BCUT2D eigenvalue weighted by Crippen LogP contribution is -2.29. The lowest BCUT2D eigenvalue weighted by Gasteiger charge is -2.36. The van der Waals surface area contributed by atoms with Crippen LogP contribution in [0.1, 0.15) is 128 Å². The predicted octanol–water partition coefficient (Wildman–Crippen LogP) is 25.3. The summed E-state index contributed by atoms with van der Waals surface area (Å²) in [4.78, 5) is 5.07. The van der Waals surface area contributed by atoms with E-state index >= 15 is 0 Å². The normalized spacial score (nSPS) is 13.2. The molecule has 4 heteroatoms. The van der Waals surface area contributed by atoms with E-state index in [1.54, 1.807) is 0 Å². The molecule has 0 saturated heterocycles. The number of para-hydroxylation sites is 2. The first-order chi connectivity index (χ1) is 44.7. The van der Waals surface area contributed by atoms with E-state index in [-0.39, 0.29) is 21.7 Å². The number of hydrogen-bond acceptors (Lipinski definition) is 4. The standard InChI is InChI=1S/C89H80N2O2/c1-85(2,3)59-41-47-65(48-42-59)90(73-51-45-63(87(7,8)9)53-69(73)57-29-17-13-18-30-57)75-55-71-81(83-79(75)67-37-25-27-39-77(67)92-83)82-72(89(71,61-33-21-15-22-34-61)62-35-23-16-24-36-62)56-76(80-68-38-26-28-40-78(68)93-84(80)82)91(66-49-43-60(44-50-66)86(4,5)6)74-52-46-64(88(10,11)12)54-70(74)58-31-19-14-20-32-58/h13-56H,1-12H3. The molecule has 0 saturated carbocycles. The van der Waals surface area contributed by atoms with Gasteiger partial charge in [0.05, 0.1) is 38.9 Å². The highest BCUT2D eigenvalue weighted by molar-refractivity contribution is 6.25. The highest BCUT2D eigenvalue weighted by atomic mass is 16.3. The van der Waals surface area contributed by atoms with E-state index in [0.717, 1.165) is 134 Å². The minimum Gasteiger partial charge on any atom is -0.455 e. The third-order valence-electron chi connectivity index (χ3n) is 19.6. The van der Waals surface area contributed by atoms with Crippen molar-refractivity contribution in [1.82, 2.24) is 0 Å². The maximum atomic E-state index is 7.72. The largest absolute Gasteiger partial charge is 0.455 e. The zero-order valence-corrected chi connectivity index (χ0v) is 55.6. The third kappa shape index (κ3) is 9.88. The van der Waals surface area contributed by atoms with Crippen LogP contribution in [0.3, 0.4) is 0 Å². The molecule has 93 heavy (non-hydrogen) atoms. The van der Waals surface area contributed by atoms with Gasteiger partial charge in [0.15, 0.2) is 0 Å². The Morgan fingerprint density at radius 3 is 0.946 bits per heavy atom. The summed E-state index contributed by atoms with van der Waals surface area (Å²) in [6, 6.07) is 99.5. The summed E-state index contributed by atoms with van der Waals surface area (Å²) in [5, 5.41) is 4.10. The Kier molecular flexibility index (Phi) is 14.0. The van der Waals surface area contributed by atoms with E-state index in [0.29, 0.717) is 0 Å². The Balaban J connectivity index is 1.14. The number of fused-ring (bicyclic) bond motifs is 11.